The van der Waals surface area contributed by atoms with Gasteiger partial charge in [0.25, 0.3) is 5.56 Å². The van der Waals surface area contributed by atoms with Crippen LogP contribution in [0.4, 0.5) is 0 Å². The van der Waals surface area contributed by atoms with Crippen LogP contribution < -0.4 is 15.0 Å². The molecule has 0 saturated heterocycles. The maximum atomic E-state index is 14.0. The normalized spacial score (nSPS) is 11.4. The Morgan fingerprint density at radius 2 is 1.43 bits per heavy atom. The van der Waals surface area contributed by atoms with E-state index in [1.807, 2.05) is 84.3 Å². The molecule has 8 nitrogen and oxygen atoms in total. The van der Waals surface area contributed by atoms with Crippen molar-refractivity contribution in [3.8, 4) is 11.5 Å². The average Bonchev–Trinajstić information content (AvgIpc) is 3.22. The van der Waals surface area contributed by atoms with Gasteiger partial charge in [0.2, 0.25) is 0 Å². The zero-order valence-electron chi connectivity index (χ0n) is 20.8. The van der Waals surface area contributed by atoms with E-state index in [0.717, 1.165) is 33.7 Å². The first-order chi connectivity index (χ1) is 18.1. The maximum absolute atomic E-state index is 14.0. The van der Waals surface area contributed by atoms with Crippen molar-refractivity contribution in [3.63, 3.8) is 0 Å². The molecular weight excluding hydrogens is 466 g/mol. The van der Waals surface area contributed by atoms with Gasteiger partial charge in [-0.2, -0.15) is 0 Å². The zero-order valence-corrected chi connectivity index (χ0v) is 20.8. The third kappa shape index (κ3) is 3.87. The molecule has 184 valence electrons. The van der Waals surface area contributed by atoms with Crippen LogP contribution >= 0.6 is 0 Å². The summed E-state index contributed by atoms with van der Waals surface area (Å²) in [6.45, 7) is 2.67. The van der Waals surface area contributed by atoms with Gasteiger partial charge in [0.15, 0.2) is 11.3 Å². The zero-order chi connectivity index (χ0) is 25.5. The van der Waals surface area contributed by atoms with Crippen LogP contribution in [0.5, 0.6) is 11.5 Å². The van der Waals surface area contributed by atoms with Gasteiger partial charge in [0.1, 0.15) is 28.2 Å². The van der Waals surface area contributed by atoms with E-state index in [1.54, 1.807) is 18.8 Å². The van der Waals surface area contributed by atoms with Gasteiger partial charge < -0.3 is 14.0 Å². The Hall–Kier alpha value is -4.72. The van der Waals surface area contributed by atoms with E-state index in [1.165, 1.54) is 0 Å². The smallest absolute Gasteiger partial charge is 0.265 e. The first kappa shape index (κ1) is 22.7. The molecule has 0 amide bonds. The molecule has 0 atom stereocenters. The van der Waals surface area contributed by atoms with Gasteiger partial charge in [-0.05, 0) is 42.8 Å². The Morgan fingerprint density at radius 3 is 2.16 bits per heavy atom. The number of nitrogens with zero attached hydrogens (tertiary/aromatic N) is 5. The topological polar surface area (TPSA) is 84.1 Å². The quantitative estimate of drug-likeness (QED) is 0.335. The minimum Gasteiger partial charge on any atom is -0.497 e. The molecule has 0 aliphatic heterocycles. The Balaban J connectivity index is 1.61. The van der Waals surface area contributed by atoms with E-state index in [9.17, 15) is 4.79 Å². The lowest BCUT2D eigenvalue weighted by molar-refractivity contribution is 0.408. The Kier molecular flexibility index (Phi) is 5.56. The number of benzene rings is 3. The largest absolute Gasteiger partial charge is 0.497 e. The predicted octanol–water partition coefficient (Wildman–Crippen LogP) is 4.72. The van der Waals surface area contributed by atoms with Crippen LogP contribution in [0.3, 0.4) is 0 Å². The minimum absolute atomic E-state index is 0.156. The van der Waals surface area contributed by atoms with Crippen molar-refractivity contribution in [3.05, 3.63) is 100 Å². The van der Waals surface area contributed by atoms with Gasteiger partial charge in [-0.25, -0.2) is 15.0 Å². The molecule has 0 aliphatic carbocycles. The predicted molar refractivity (Wildman–Crippen MR) is 144 cm³/mol. The lowest BCUT2D eigenvalue weighted by atomic mass is 10.2. The van der Waals surface area contributed by atoms with E-state index in [-0.39, 0.29) is 5.56 Å². The van der Waals surface area contributed by atoms with Gasteiger partial charge in [-0.3, -0.25) is 9.36 Å². The fourth-order valence-electron chi connectivity index (χ4n) is 4.75. The number of aromatic nitrogens is 5. The van der Waals surface area contributed by atoms with Crippen LogP contribution in [0.1, 0.15) is 17.0 Å². The van der Waals surface area contributed by atoms with Crippen LogP contribution in [0.25, 0.3) is 33.2 Å². The van der Waals surface area contributed by atoms with Crippen molar-refractivity contribution < 1.29 is 9.47 Å². The molecule has 0 spiro atoms. The van der Waals surface area contributed by atoms with Crippen molar-refractivity contribution in [2.24, 2.45) is 0 Å². The van der Waals surface area contributed by atoms with E-state index < -0.39 is 0 Å². The van der Waals surface area contributed by atoms with Crippen LogP contribution in [0.2, 0.25) is 0 Å². The first-order valence-electron chi connectivity index (χ1n) is 12.0. The van der Waals surface area contributed by atoms with Crippen molar-refractivity contribution in [2.75, 3.05) is 14.2 Å². The van der Waals surface area contributed by atoms with Gasteiger partial charge >= 0.3 is 0 Å². The van der Waals surface area contributed by atoms with E-state index in [4.69, 9.17) is 24.4 Å². The summed E-state index contributed by atoms with van der Waals surface area (Å²) >= 11 is 0. The standard InChI is InChI=1S/C29H25N5O3/c1-18-30-27-25(29(35)33(18)17-20-8-4-7-11-24(20)37-3)26-28(32-23-10-6-5-9-22(23)31-26)34(27)16-19-12-14-21(36-2)15-13-19/h4-15H,16-17H2,1-3H3. The summed E-state index contributed by atoms with van der Waals surface area (Å²) in [4.78, 5) is 28.8. The van der Waals surface area contributed by atoms with E-state index in [0.29, 0.717) is 41.1 Å². The fraction of sp³-hybridized carbons (Fsp3) is 0.172. The number of ether oxygens (including phenoxy) is 2. The van der Waals surface area contributed by atoms with Crippen molar-refractivity contribution >= 4 is 33.2 Å². The lowest BCUT2D eigenvalue weighted by Crippen LogP contribution is -2.25. The molecular formula is C29H25N5O3. The summed E-state index contributed by atoms with van der Waals surface area (Å²) in [5.74, 6) is 2.11. The highest BCUT2D eigenvalue weighted by Gasteiger charge is 2.22. The van der Waals surface area contributed by atoms with Gasteiger partial charge in [0.05, 0.1) is 38.3 Å². The molecule has 0 bridgehead atoms. The molecule has 0 radical (unpaired) electrons. The SMILES string of the molecule is COc1ccc(Cn2c3nc4ccccc4nc3c3c(=O)n(Cc4ccccc4OC)c(C)nc32)cc1. The Labute approximate surface area is 212 Å². The Bertz CT molecular complexity index is 1840. The number of hydrogen-bond donors (Lipinski definition) is 0. The molecule has 0 N–H and O–H groups in total. The molecule has 0 aliphatic rings. The second-order valence-electron chi connectivity index (χ2n) is 8.88. The second kappa shape index (κ2) is 9.05. The van der Waals surface area contributed by atoms with Crippen molar-refractivity contribution in [1.82, 2.24) is 24.1 Å². The summed E-state index contributed by atoms with van der Waals surface area (Å²) in [7, 11) is 3.27. The summed E-state index contributed by atoms with van der Waals surface area (Å²) in [5.41, 5.74) is 5.02. The average molecular weight is 492 g/mol. The van der Waals surface area contributed by atoms with Crippen LogP contribution in [0.15, 0.2) is 77.6 Å². The molecule has 0 unspecified atom stereocenters. The molecule has 3 aromatic carbocycles. The van der Waals surface area contributed by atoms with Crippen molar-refractivity contribution in [1.29, 1.82) is 0 Å². The highest BCUT2D eigenvalue weighted by molar-refractivity contribution is 6.04. The summed E-state index contributed by atoms with van der Waals surface area (Å²) in [6.07, 6.45) is 0. The molecule has 0 saturated carbocycles. The number of fused-ring (bicyclic) bond motifs is 4. The van der Waals surface area contributed by atoms with Crippen LogP contribution in [-0.4, -0.2) is 38.3 Å². The van der Waals surface area contributed by atoms with E-state index >= 15 is 0 Å². The highest BCUT2D eigenvalue weighted by Crippen LogP contribution is 2.27. The van der Waals surface area contributed by atoms with Crippen LogP contribution in [-0.2, 0) is 13.1 Å². The summed E-state index contributed by atoms with van der Waals surface area (Å²) < 4.78 is 14.5. The molecule has 37 heavy (non-hydrogen) atoms. The van der Waals surface area contributed by atoms with Crippen molar-refractivity contribution in [2.45, 2.75) is 20.0 Å². The number of hydrogen-bond acceptors (Lipinski definition) is 6. The monoisotopic (exact) mass is 491 g/mol. The molecule has 0 fully saturated rings. The Morgan fingerprint density at radius 1 is 0.730 bits per heavy atom. The van der Waals surface area contributed by atoms with E-state index in [2.05, 4.69) is 0 Å². The first-order valence-corrected chi connectivity index (χ1v) is 12.0. The highest BCUT2D eigenvalue weighted by atomic mass is 16.5. The number of aryl methyl sites for hydroxylation is 1. The molecule has 3 aromatic heterocycles. The molecule has 6 aromatic rings. The van der Waals surface area contributed by atoms with Gasteiger partial charge in [0, 0.05) is 5.56 Å². The molecule has 8 heteroatoms. The van der Waals surface area contributed by atoms with Gasteiger partial charge in [-0.15, -0.1) is 0 Å². The summed E-state index contributed by atoms with van der Waals surface area (Å²) in [5, 5.41) is 0.460. The fourth-order valence-corrected chi connectivity index (χ4v) is 4.75. The third-order valence-electron chi connectivity index (χ3n) is 6.66. The van der Waals surface area contributed by atoms with Crippen LogP contribution in [0, 0.1) is 6.92 Å². The third-order valence-corrected chi connectivity index (χ3v) is 6.66. The van der Waals surface area contributed by atoms with Gasteiger partial charge in [-0.1, -0.05) is 42.5 Å². The number of rotatable bonds is 6. The lowest BCUT2D eigenvalue weighted by Gasteiger charge is -2.13. The minimum atomic E-state index is -0.156. The second-order valence-corrected chi connectivity index (χ2v) is 8.88. The summed E-state index contributed by atoms with van der Waals surface area (Å²) in [6, 6.07) is 23.2. The maximum Gasteiger partial charge on any atom is 0.265 e. The molecule has 3 heterocycles. The number of para-hydroxylation sites is 3. The number of methoxy groups -OCH3 is 2. The molecule has 6 rings (SSSR count).